The molecule has 1 aliphatic heterocycles. The summed E-state index contributed by atoms with van der Waals surface area (Å²) in [5.41, 5.74) is 2.66. The standard InChI is InChI=1S/C17H26N2O3S/c1-14-4-2-3-5-15(14)12-19-10-11-22-16(13-19)8-9-18-23(20,21)17-6-7-17/h2-5,16-18H,6-13H2,1H3/t16-/m1/s1. The third-order valence-corrected chi connectivity index (χ3v) is 6.57. The minimum Gasteiger partial charge on any atom is -0.376 e. The Morgan fingerprint density at radius 2 is 2.09 bits per heavy atom. The summed E-state index contributed by atoms with van der Waals surface area (Å²) in [5, 5.41) is -0.146. The lowest BCUT2D eigenvalue weighted by molar-refractivity contribution is -0.0339. The summed E-state index contributed by atoms with van der Waals surface area (Å²) in [4.78, 5) is 2.39. The third-order valence-electron chi connectivity index (χ3n) is 4.61. The van der Waals surface area contributed by atoms with E-state index in [4.69, 9.17) is 4.74 Å². The van der Waals surface area contributed by atoms with Crippen molar-refractivity contribution in [3.05, 3.63) is 35.4 Å². The Hall–Kier alpha value is -0.950. The molecule has 3 rings (SSSR count). The van der Waals surface area contributed by atoms with E-state index in [0.717, 1.165) is 38.9 Å². The average molecular weight is 338 g/mol. The van der Waals surface area contributed by atoms with E-state index in [1.54, 1.807) is 0 Å². The van der Waals surface area contributed by atoms with Crippen LogP contribution in [0.3, 0.4) is 0 Å². The van der Waals surface area contributed by atoms with Crippen LogP contribution in [0.2, 0.25) is 0 Å². The molecule has 0 radical (unpaired) electrons. The van der Waals surface area contributed by atoms with E-state index >= 15 is 0 Å². The van der Waals surface area contributed by atoms with Gasteiger partial charge in [0.25, 0.3) is 0 Å². The molecule has 1 saturated carbocycles. The minimum atomic E-state index is -3.07. The molecule has 2 fully saturated rings. The topological polar surface area (TPSA) is 58.6 Å². The van der Waals surface area contributed by atoms with Crippen LogP contribution in [0.4, 0.5) is 0 Å². The number of rotatable bonds is 7. The summed E-state index contributed by atoms with van der Waals surface area (Å²) in [7, 11) is -3.07. The Morgan fingerprint density at radius 1 is 1.30 bits per heavy atom. The van der Waals surface area contributed by atoms with Gasteiger partial charge in [0.2, 0.25) is 10.0 Å². The fourth-order valence-corrected chi connectivity index (χ4v) is 4.38. The van der Waals surface area contributed by atoms with Crippen LogP contribution in [0, 0.1) is 6.92 Å². The molecular weight excluding hydrogens is 312 g/mol. The van der Waals surface area contributed by atoms with E-state index in [2.05, 4.69) is 40.8 Å². The van der Waals surface area contributed by atoms with E-state index in [-0.39, 0.29) is 11.4 Å². The van der Waals surface area contributed by atoms with Gasteiger partial charge in [-0.1, -0.05) is 24.3 Å². The molecule has 2 aliphatic rings. The smallest absolute Gasteiger partial charge is 0.214 e. The van der Waals surface area contributed by atoms with Gasteiger partial charge in [0.05, 0.1) is 18.0 Å². The number of sulfonamides is 1. The lowest BCUT2D eigenvalue weighted by atomic mass is 10.1. The lowest BCUT2D eigenvalue weighted by Gasteiger charge is -2.33. The Labute approximate surface area is 139 Å². The van der Waals surface area contributed by atoms with Gasteiger partial charge < -0.3 is 4.74 Å². The van der Waals surface area contributed by atoms with Crippen molar-refractivity contribution in [3.8, 4) is 0 Å². The highest BCUT2D eigenvalue weighted by Gasteiger charge is 2.35. The second-order valence-electron chi connectivity index (χ2n) is 6.58. The summed E-state index contributed by atoms with van der Waals surface area (Å²) in [5.74, 6) is 0. The van der Waals surface area contributed by atoms with E-state index in [1.165, 1.54) is 11.1 Å². The number of ether oxygens (including phenoxy) is 1. The summed E-state index contributed by atoms with van der Waals surface area (Å²) in [6.07, 6.45) is 2.45. The summed E-state index contributed by atoms with van der Waals surface area (Å²) in [6, 6.07) is 8.45. The monoisotopic (exact) mass is 338 g/mol. The highest BCUT2D eigenvalue weighted by Crippen LogP contribution is 2.27. The fraction of sp³-hybridized carbons (Fsp3) is 0.647. The van der Waals surface area contributed by atoms with Gasteiger partial charge in [0.1, 0.15) is 0 Å². The van der Waals surface area contributed by atoms with Crippen molar-refractivity contribution in [2.45, 2.75) is 44.1 Å². The van der Waals surface area contributed by atoms with Crippen LogP contribution in [0.15, 0.2) is 24.3 Å². The maximum absolute atomic E-state index is 11.8. The third kappa shape index (κ3) is 4.76. The van der Waals surface area contributed by atoms with Crippen LogP contribution >= 0.6 is 0 Å². The molecule has 6 heteroatoms. The van der Waals surface area contributed by atoms with Gasteiger partial charge in [-0.15, -0.1) is 0 Å². The van der Waals surface area contributed by atoms with Crippen LogP contribution in [-0.4, -0.2) is 50.9 Å². The van der Waals surface area contributed by atoms with Gasteiger partial charge in [-0.25, -0.2) is 13.1 Å². The number of nitrogens with one attached hydrogen (secondary N) is 1. The molecular formula is C17H26N2O3S. The maximum atomic E-state index is 11.8. The van der Waals surface area contributed by atoms with E-state index < -0.39 is 10.0 Å². The van der Waals surface area contributed by atoms with Crippen molar-refractivity contribution in [2.75, 3.05) is 26.2 Å². The van der Waals surface area contributed by atoms with Crippen LogP contribution < -0.4 is 4.72 Å². The molecule has 0 spiro atoms. The highest BCUT2D eigenvalue weighted by atomic mass is 32.2. The number of morpholine rings is 1. The number of aryl methyl sites for hydroxylation is 1. The second-order valence-corrected chi connectivity index (χ2v) is 8.63. The first-order valence-electron chi connectivity index (χ1n) is 8.41. The van der Waals surface area contributed by atoms with Crippen LogP contribution in [0.5, 0.6) is 0 Å². The van der Waals surface area contributed by atoms with Gasteiger partial charge in [0.15, 0.2) is 0 Å². The van der Waals surface area contributed by atoms with Gasteiger partial charge in [-0.05, 0) is 37.3 Å². The van der Waals surface area contributed by atoms with Crippen molar-refractivity contribution < 1.29 is 13.2 Å². The molecule has 1 atom stereocenters. The SMILES string of the molecule is Cc1ccccc1CN1CCO[C@H](CCNS(=O)(=O)C2CC2)C1. The Kier molecular flexibility index (Phi) is 5.36. The molecule has 1 aromatic carbocycles. The van der Waals surface area contributed by atoms with E-state index in [1.807, 2.05) is 0 Å². The molecule has 128 valence electrons. The number of hydrogen-bond donors (Lipinski definition) is 1. The quantitative estimate of drug-likeness (QED) is 0.822. The van der Waals surface area contributed by atoms with Crippen molar-refractivity contribution in [1.29, 1.82) is 0 Å². The predicted molar refractivity (Wildman–Crippen MR) is 90.8 cm³/mol. The molecule has 0 amide bonds. The minimum absolute atomic E-state index is 0.106. The summed E-state index contributed by atoms with van der Waals surface area (Å²) < 4.78 is 32.1. The second kappa shape index (κ2) is 7.30. The molecule has 23 heavy (non-hydrogen) atoms. The molecule has 0 unspecified atom stereocenters. The zero-order chi connectivity index (χ0) is 16.3. The maximum Gasteiger partial charge on any atom is 0.214 e. The Morgan fingerprint density at radius 3 is 2.83 bits per heavy atom. The van der Waals surface area contributed by atoms with Gasteiger partial charge in [0, 0.05) is 26.2 Å². The van der Waals surface area contributed by atoms with E-state index in [9.17, 15) is 8.42 Å². The molecule has 1 saturated heterocycles. The zero-order valence-corrected chi connectivity index (χ0v) is 14.5. The number of nitrogens with zero attached hydrogens (tertiary/aromatic N) is 1. The Balaban J connectivity index is 1.45. The largest absolute Gasteiger partial charge is 0.376 e. The first kappa shape index (κ1) is 16.9. The van der Waals surface area contributed by atoms with Crippen LogP contribution in [-0.2, 0) is 21.3 Å². The normalized spacial score (nSPS) is 23.1. The van der Waals surface area contributed by atoms with Crippen molar-refractivity contribution in [3.63, 3.8) is 0 Å². The zero-order valence-electron chi connectivity index (χ0n) is 13.7. The molecule has 5 nitrogen and oxygen atoms in total. The van der Waals surface area contributed by atoms with Gasteiger partial charge >= 0.3 is 0 Å². The first-order chi connectivity index (χ1) is 11.0. The molecule has 1 N–H and O–H groups in total. The van der Waals surface area contributed by atoms with Crippen molar-refractivity contribution >= 4 is 10.0 Å². The summed E-state index contributed by atoms with van der Waals surface area (Å²) >= 11 is 0. The van der Waals surface area contributed by atoms with Gasteiger partial charge in [-0.2, -0.15) is 0 Å². The summed E-state index contributed by atoms with van der Waals surface area (Å²) in [6.45, 7) is 6.05. The number of benzene rings is 1. The lowest BCUT2D eigenvalue weighted by Crippen LogP contribution is -2.43. The molecule has 0 bridgehead atoms. The average Bonchev–Trinajstić information content (AvgIpc) is 3.35. The Bertz CT molecular complexity index is 628. The van der Waals surface area contributed by atoms with Crippen LogP contribution in [0.1, 0.15) is 30.4 Å². The predicted octanol–water partition coefficient (Wildman–Crippen LogP) is 1.67. The van der Waals surface area contributed by atoms with Gasteiger partial charge in [-0.3, -0.25) is 4.90 Å². The number of hydrogen-bond acceptors (Lipinski definition) is 4. The molecule has 0 aromatic heterocycles. The molecule has 1 aromatic rings. The molecule has 1 aliphatic carbocycles. The van der Waals surface area contributed by atoms with Crippen molar-refractivity contribution in [2.24, 2.45) is 0 Å². The van der Waals surface area contributed by atoms with Crippen LogP contribution in [0.25, 0.3) is 0 Å². The fourth-order valence-electron chi connectivity index (χ4n) is 2.99. The van der Waals surface area contributed by atoms with Crippen molar-refractivity contribution in [1.82, 2.24) is 9.62 Å². The molecule has 1 heterocycles. The van der Waals surface area contributed by atoms with E-state index in [0.29, 0.717) is 13.2 Å². The first-order valence-corrected chi connectivity index (χ1v) is 9.96. The highest BCUT2D eigenvalue weighted by molar-refractivity contribution is 7.90.